The quantitative estimate of drug-likeness (QED) is 0.884. The number of amides is 2. The second kappa shape index (κ2) is 9.06. The van der Waals surface area contributed by atoms with E-state index >= 15 is 0 Å². The number of carbonyl (C=O) groups excluding carboxylic acids is 1. The molecule has 1 aromatic carbocycles. The van der Waals surface area contributed by atoms with Crippen LogP contribution in [-0.2, 0) is 6.54 Å². The summed E-state index contributed by atoms with van der Waals surface area (Å²) in [7, 11) is 0. The maximum atomic E-state index is 12.8. The zero-order valence-corrected chi connectivity index (χ0v) is 16.4. The Labute approximate surface area is 167 Å². The van der Waals surface area contributed by atoms with Crippen LogP contribution in [0.5, 0.6) is 0 Å². The van der Waals surface area contributed by atoms with Crippen molar-refractivity contribution in [2.45, 2.75) is 25.8 Å². The molecule has 0 unspecified atom stereocenters. The van der Waals surface area contributed by atoms with Gasteiger partial charge in [-0.25, -0.2) is 9.78 Å². The molecule has 6 nitrogen and oxygen atoms in total. The number of urea groups is 1. The van der Waals surface area contributed by atoms with E-state index in [0.29, 0.717) is 13.1 Å². The van der Waals surface area contributed by atoms with Gasteiger partial charge in [0, 0.05) is 44.6 Å². The van der Waals surface area contributed by atoms with Gasteiger partial charge in [-0.15, -0.1) is 0 Å². The minimum absolute atomic E-state index is 0.00762. The third-order valence-corrected chi connectivity index (χ3v) is 5.64. The first kappa shape index (κ1) is 18.7. The molecule has 2 aliphatic heterocycles. The number of anilines is 2. The monoisotopic (exact) mass is 379 g/mol. The number of aromatic nitrogens is 1. The molecule has 3 heterocycles. The third-order valence-electron chi connectivity index (χ3n) is 5.64. The summed E-state index contributed by atoms with van der Waals surface area (Å²) in [6.45, 7) is 6.23. The van der Waals surface area contributed by atoms with Gasteiger partial charge in [-0.2, -0.15) is 0 Å². The summed E-state index contributed by atoms with van der Waals surface area (Å²) >= 11 is 0. The molecule has 4 rings (SSSR count). The molecule has 0 bridgehead atoms. The second-order valence-corrected chi connectivity index (χ2v) is 7.59. The number of carbonyl (C=O) groups is 1. The number of nitrogens with one attached hydrogen (secondary N) is 1. The Balaban J connectivity index is 1.34. The van der Waals surface area contributed by atoms with Crippen molar-refractivity contribution in [1.29, 1.82) is 0 Å². The van der Waals surface area contributed by atoms with E-state index in [0.717, 1.165) is 44.2 Å². The minimum atomic E-state index is -0.00762. The second-order valence-electron chi connectivity index (χ2n) is 7.59. The van der Waals surface area contributed by atoms with Crippen molar-refractivity contribution < 1.29 is 4.79 Å². The fraction of sp³-hybridized carbons (Fsp3) is 0.455. The van der Waals surface area contributed by atoms with Crippen LogP contribution in [0.15, 0.2) is 48.7 Å². The minimum Gasteiger partial charge on any atom is -0.353 e. The maximum absolute atomic E-state index is 12.8. The Bertz CT molecular complexity index is 768. The van der Waals surface area contributed by atoms with Crippen LogP contribution in [0.2, 0.25) is 0 Å². The smallest absolute Gasteiger partial charge is 0.321 e. The molecule has 0 saturated carbocycles. The third kappa shape index (κ3) is 4.62. The van der Waals surface area contributed by atoms with Crippen LogP contribution < -0.4 is 10.2 Å². The molecule has 2 fully saturated rings. The van der Waals surface area contributed by atoms with Gasteiger partial charge >= 0.3 is 6.03 Å². The van der Waals surface area contributed by atoms with Gasteiger partial charge in [0.15, 0.2) is 0 Å². The SMILES string of the molecule is O=C(Nc1ccccc1CN1CCCCC1)N1CCN(c2ccccn2)CC1. The van der Waals surface area contributed by atoms with E-state index in [4.69, 9.17) is 0 Å². The van der Waals surface area contributed by atoms with Crippen LogP contribution in [0.25, 0.3) is 0 Å². The van der Waals surface area contributed by atoms with Crippen LogP contribution in [0, 0.1) is 0 Å². The van der Waals surface area contributed by atoms with Crippen molar-refractivity contribution >= 4 is 17.5 Å². The molecule has 1 N–H and O–H groups in total. The number of pyridine rings is 1. The molecule has 1 aromatic heterocycles. The summed E-state index contributed by atoms with van der Waals surface area (Å²) < 4.78 is 0. The highest BCUT2D eigenvalue weighted by atomic mass is 16.2. The first-order valence-electron chi connectivity index (χ1n) is 10.3. The number of nitrogens with zero attached hydrogens (tertiary/aromatic N) is 4. The Morgan fingerprint density at radius 2 is 1.64 bits per heavy atom. The number of benzene rings is 1. The maximum Gasteiger partial charge on any atom is 0.321 e. The van der Waals surface area contributed by atoms with Crippen LogP contribution in [0.1, 0.15) is 24.8 Å². The molecule has 0 atom stereocenters. The lowest BCUT2D eigenvalue weighted by Gasteiger charge is -2.35. The summed E-state index contributed by atoms with van der Waals surface area (Å²) in [4.78, 5) is 23.8. The normalized spacial score (nSPS) is 18.1. The van der Waals surface area contributed by atoms with Crippen LogP contribution in [-0.4, -0.2) is 60.1 Å². The zero-order chi connectivity index (χ0) is 19.2. The van der Waals surface area contributed by atoms with Crippen molar-refractivity contribution in [3.63, 3.8) is 0 Å². The molecular formula is C22H29N5O. The molecule has 2 aliphatic rings. The Morgan fingerprint density at radius 1 is 0.893 bits per heavy atom. The topological polar surface area (TPSA) is 51.7 Å². The van der Waals surface area contributed by atoms with Crippen molar-refractivity contribution in [3.05, 3.63) is 54.2 Å². The van der Waals surface area contributed by atoms with E-state index in [2.05, 4.69) is 32.2 Å². The molecule has 148 valence electrons. The van der Waals surface area contributed by atoms with E-state index in [1.54, 1.807) is 0 Å². The van der Waals surface area contributed by atoms with Gasteiger partial charge in [0.1, 0.15) is 5.82 Å². The lowest BCUT2D eigenvalue weighted by molar-refractivity contribution is 0.207. The predicted octanol–water partition coefficient (Wildman–Crippen LogP) is 3.42. The largest absolute Gasteiger partial charge is 0.353 e. The lowest BCUT2D eigenvalue weighted by Crippen LogP contribution is -2.50. The Kier molecular flexibility index (Phi) is 6.07. The zero-order valence-electron chi connectivity index (χ0n) is 16.4. The lowest BCUT2D eigenvalue weighted by atomic mass is 10.1. The van der Waals surface area contributed by atoms with Gasteiger partial charge in [-0.05, 0) is 49.7 Å². The molecule has 0 spiro atoms. The number of piperidine rings is 1. The Hall–Kier alpha value is -2.60. The van der Waals surface area contributed by atoms with Crippen LogP contribution in [0.4, 0.5) is 16.3 Å². The van der Waals surface area contributed by atoms with Gasteiger partial charge < -0.3 is 15.1 Å². The van der Waals surface area contributed by atoms with Gasteiger partial charge in [0.2, 0.25) is 0 Å². The van der Waals surface area contributed by atoms with Crippen molar-refractivity contribution in [3.8, 4) is 0 Å². The number of likely N-dealkylation sites (tertiary alicyclic amines) is 1. The average molecular weight is 380 g/mol. The van der Waals surface area contributed by atoms with Crippen molar-refractivity contribution in [1.82, 2.24) is 14.8 Å². The number of piperazine rings is 1. The molecule has 2 amide bonds. The number of hydrogen-bond donors (Lipinski definition) is 1. The summed E-state index contributed by atoms with van der Waals surface area (Å²) in [5.41, 5.74) is 2.13. The van der Waals surface area contributed by atoms with E-state index in [1.165, 1.54) is 24.8 Å². The predicted molar refractivity (Wildman–Crippen MR) is 113 cm³/mol. The molecule has 28 heavy (non-hydrogen) atoms. The molecule has 2 saturated heterocycles. The van der Waals surface area contributed by atoms with E-state index in [-0.39, 0.29) is 6.03 Å². The highest BCUT2D eigenvalue weighted by Crippen LogP contribution is 2.21. The van der Waals surface area contributed by atoms with Crippen molar-refractivity contribution in [2.24, 2.45) is 0 Å². The fourth-order valence-electron chi connectivity index (χ4n) is 4.01. The summed E-state index contributed by atoms with van der Waals surface area (Å²) in [5.74, 6) is 0.981. The number of rotatable bonds is 4. The fourth-order valence-corrected chi connectivity index (χ4v) is 4.01. The molecular weight excluding hydrogens is 350 g/mol. The van der Waals surface area contributed by atoms with Gasteiger partial charge in [-0.1, -0.05) is 30.7 Å². The first-order chi connectivity index (χ1) is 13.8. The molecule has 0 radical (unpaired) electrons. The van der Waals surface area contributed by atoms with Crippen LogP contribution in [0.3, 0.4) is 0 Å². The van der Waals surface area contributed by atoms with E-state index < -0.39 is 0 Å². The average Bonchev–Trinajstić information content (AvgIpc) is 2.76. The van der Waals surface area contributed by atoms with Gasteiger partial charge in [0.25, 0.3) is 0 Å². The summed E-state index contributed by atoms with van der Waals surface area (Å²) in [6, 6.07) is 14.1. The Morgan fingerprint density at radius 3 is 2.39 bits per heavy atom. The van der Waals surface area contributed by atoms with Crippen LogP contribution >= 0.6 is 0 Å². The molecule has 0 aliphatic carbocycles. The van der Waals surface area contributed by atoms with E-state index in [1.807, 2.05) is 41.4 Å². The van der Waals surface area contributed by atoms with Gasteiger partial charge in [-0.3, -0.25) is 4.90 Å². The van der Waals surface area contributed by atoms with Crippen molar-refractivity contribution in [2.75, 3.05) is 49.5 Å². The number of hydrogen-bond acceptors (Lipinski definition) is 4. The molecule has 2 aromatic rings. The first-order valence-corrected chi connectivity index (χ1v) is 10.3. The highest BCUT2D eigenvalue weighted by Gasteiger charge is 2.22. The van der Waals surface area contributed by atoms with E-state index in [9.17, 15) is 4.79 Å². The standard InChI is InChI=1S/C22H29N5O/c28-22(27-16-14-26(15-17-27)21-10-4-5-11-23-21)24-20-9-3-2-8-19(20)18-25-12-6-1-7-13-25/h2-5,8-11H,1,6-7,12-18H2,(H,24,28). The van der Waals surface area contributed by atoms with Gasteiger partial charge in [0.05, 0.1) is 0 Å². The highest BCUT2D eigenvalue weighted by molar-refractivity contribution is 5.90. The number of para-hydroxylation sites is 1. The summed E-state index contributed by atoms with van der Waals surface area (Å²) in [5, 5.41) is 3.15. The summed E-state index contributed by atoms with van der Waals surface area (Å²) in [6.07, 6.45) is 5.69. The molecule has 6 heteroatoms.